The van der Waals surface area contributed by atoms with Gasteiger partial charge in [-0.1, -0.05) is 13.0 Å². The van der Waals surface area contributed by atoms with Gasteiger partial charge in [-0.05, 0) is 54.1 Å². The van der Waals surface area contributed by atoms with Crippen molar-refractivity contribution < 1.29 is 0 Å². The van der Waals surface area contributed by atoms with Crippen molar-refractivity contribution in [2.75, 3.05) is 17.2 Å². The standard InChI is InChI=1S/C14H17IN4/c1-3-12-13(16-4-2)17-9-18-14(12)19-11-7-5-6-10(15)8-11/h5-9H,3-4H2,1-2H3,(H2,16,17,18,19). The van der Waals surface area contributed by atoms with Crippen molar-refractivity contribution in [1.29, 1.82) is 0 Å². The lowest BCUT2D eigenvalue weighted by atomic mass is 10.2. The molecule has 4 nitrogen and oxygen atoms in total. The molecular weight excluding hydrogens is 351 g/mol. The molecule has 2 aromatic rings. The van der Waals surface area contributed by atoms with Gasteiger partial charge in [0.2, 0.25) is 0 Å². The Hall–Kier alpha value is -1.37. The Kier molecular flexibility index (Phi) is 4.95. The highest BCUT2D eigenvalue weighted by Gasteiger charge is 2.09. The molecule has 5 heteroatoms. The lowest BCUT2D eigenvalue weighted by Gasteiger charge is -2.13. The van der Waals surface area contributed by atoms with Gasteiger partial charge in [-0.2, -0.15) is 0 Å². The van der Waals surface area contributed by atoms with E-state index in [4.69, 9.17) is 0 Å². The van der Waals surface area contributed by atoms with Gasteiger partial charge in [0, 0.05) is 21.4 Å². The Balaban J connectivity index is 2.31. The number of aromatic nitrogens is 2. The fourth-order valence-electron chi connectivity index (χ4n) is 1.88. The Morgan fingerprint density at radius 3 is 2.63 bits per heavy atom. The van der Waals surface area contributed by atoms with Gasteiger partial charge in [0.1, 0.15) is 18.0 Å². The summed E-state index contributed by atoms with van der Waals surface area (Å²) in [6, 6.07) is 8.23. The van der Waals surface area contributed by atoms with Gasteiger partial charge in [0.15, 0.2) is 0 Å². The van der Waals surface area contributed by atoms with Gasteiger partial charge in [-0.15, -0.1) is 0 Å². The molecular formula is C14H17IN4. The highest BCUT2D eigenvalue weighted by atomic mass is 127. The maximum Gasteiger partial charge on any atom is 0.139 e. The zero-order chi connectivity index (χ0) is 13.7. The zero-order valence-corrected chi connectivity index (χ0v) is 13.2. The van der Waals surface area contributed by atoms with Gasteiger partial charge in [-0.3, -0.25) is 0 Å². The van der Waals surface area contributed by atoms with E-state index in [2.05, 4.69) is 69.2 Å². The average molecular weight is 368 g/mol. The summed E-state index contributed by atoms with van der Waals surface area (Å²) in [5.74, 6) is 1.78. The minimum Gasteiger partial charge on any atom is -0.370 e. The van der Waals surface area contributed by atoms with Crippen LogP contribution in [0.25, 0.3) is 0 Å². The van der Waals surface area contributed by atoms with Gasteiger partial charge in [0.25, 0.3) is 0 Å². The third-order valence-electron chi connectivity index (χ3n) is 2.73. The molecule has 0 spiro atoms. The van der Waals surface area contributed by atoms with Crippen LogP contribution in [0.5, 0.6) is 0 Å². The Bertz CT molecular complexity index is 557. The van der Waals surface area contributed by atoms with Crippen molar-refractivity contribution >= 4 is 39.9 Å². The Morgan fingerprint density at radius 2 is 1.95 bits per heavy atom. The quantitative estimate of drug-likeness (QED) is 0.788. The summed E-state index contributed by atoms with van der Waals surface area (Å²) >= 11 is 2.30. The Labute approximate surface area is 127 Å². The van der Waals surface area contributed by atoms with Crippen molar-refractivity contribution in [3.05, 3.63) is 39.7 Å². The monoisotopic (exact) mass is 368 g/mol. The summed E-state index contributed by atoms with van der Waals surface area (Å²) in [4.78, 5) is 8.65. The van der Waals surface area contributed by atoms with Crippen molar-refractivity contribution in [3.8, 4) is 0 Å². The average Bonchev–Trinajstić information content (AvgIpc) is 2.39. The third-order valence-corrected chi connectivity index (χ3v) is 3.40. The second-order valence-electron chi connectivity index (χ2n) is 4.07. The fraction of sp³-hybridized carbons (Fsp3) is 0.286. The van der Waals surface area contributed by atoms with E-state index in [0.29, 0.717) is 0 Å². The summed E-state index contributed by atoms with van der Waals surface area (Å²) in [5.41, 5.74) is 2.16. The van der Waals surface area contributed by atoms with Crippen LogP contribution in [-0.4, -0.2) is 16.5 Å². The molecule has 0 unspecified atom stereocenters. The van der Waals surface area contributed by atoms with Gasteiger partial charge < -0.3 is 10.6 Å². The molecule has 2 N–H and O–H groups in total. The minimum atomic E-state index is 0.854. The molecule has 0 amide bonds. The number of benzene rings is 1. The van der Waals surface area contributed by atoms with E-state index < -0.39 is 0 Å². The number of rotatable bonds is 5. The second-order valence-corrected chi connectivity index (χ2v) is 5.31. The summed E-state index contributed by atoms with van der Waals surface area (Å²) < 4.78 is 1.20. The van der Waals surface area contributed by atoms with E-state index in [1.807, 2.05) is 12.1 Å². The smallest absolute Gasteiger partial charge is 0.139 e. The zero-order valence-electron chi connectivity index (χ0n) is 11.1. The maximum absolute atomic E-state index is 4.35. The van der Waals surface area contributed by atoms with Crippen molar-refractivity contribution in [2.45, 2.75) is 20.3 Å². The second kappa shape index (κ2) is 6.70. The van der Waals surface area contributed by atoms with Gasteiger partial charge in [0.05, 0.1) is 0 Å². The molecule has 0 aliphatic carbocycles. The number of nitrogens with one attached hydrogen (secondary N) is 2. The number of hydrogen-bond acceptors (Lipinski definition) is 4. The normalized spacial score (nSPS) is 10.3. The van der Waals surface area contributed by atoms with E-state index in [9.17, 15) is 0 Å². The molecule has 0 radical (unpaired) electrons. The third kappa shape index (κ3) is 3.56. The van der Waals surface area contributed by atoms with Crippen LogP contribution in [0.15, 0.2) is 30.6 Å². The predicted octanol–water partition coefficient (Wildman–Crippen LogP) is 3.82. The van der Waals surface area contributed by atoms with Crippen LogP contribution in [0.3, 0.4) is 0 Å². The predicted molar refractivity (Wildman–Crippen MR) is 88.0 cm³/mol. The molecule has 1 aromatic carbocycles. The van der Waals surface area contributed by atoms with E-state index in [0.717, 1.165) is 35.9 Å². The van der Waals surface area contributed by atoms with E-state index in [-0.39, 0.29) is 0 Å². The molecule has 1 aromatic heterocycles. The Morgan fingerprint density at radius 1 is 1.16 bits per heavy atom. The molecule has 0 aliphatic heterocycles. The van der Waals surface area contributed by atoms with Crippen LogP contribution in [-0.2, 0) is 6.42 Å². The molecule has 1 heterocycles. The fourth-order valence-corrected chi connectivity index (χ4v) is 2.42. The summed E-state index contributed by atoms with van der Waals surface area (Å²) in [5, 5.41) is 6.64. The van der Waals surface area contributed by atoms with E-state index in [1.165, 1.54) is 3.57 Å². The number of nitrogens with zero attached hydrogens (tertiary/aromatic N) is 2. The molecule has 0 fully saturated rings. The van der Waals surface area contributed by atoms with Crippen LogP contribution < -0.4 is 10.6 Å². The number of anilines is 3. The van der Waals surface area contributed by atoms with Crippen molar-refractivity contribution in [3.63, 3.8) is 0 Å². The highest BCUT2D eigenvalue weighted by Crippen LogP contribution is 2.24. The van der Waals surface area contributed by atoms with Crippen molar-refractivity contribution in [2.24, 2.45) is 0 Å². The summed E-state index contributed by atoms with van der Waals surface area (Å²) in [7, 11) is 0. The number of hydrogen-bond donors (Lipinski definition) is 2. The number of halogens is 1. The lowest BCUT2D eigenvalue weighted by molar-refractivity contribution is 1.03. The van der Waals surface area contributed by atoms with Crippen LogP contribution in [0, 0.1) is 3.57 Å². The van der Waals surface area contributed by atoms with E-state index in [1.54, 1.807) is 6.33 Å². The first-order chi connectivity index (χ1) is 9.24. The molecule has 0 saturated heterocycles. The van der Waals surface area contributed by atoms with Crippen LogP contribution in [0.2, 0.25) is 0 Å². The first-order valence-electron chi connectivity index (χ1n) is 6.35. The van der Waals surface area contributed by atoms with Gasteiger partial charge >= 0.3 is 0 Å². The molecule has 0 aliphatic rings. The van der Waals surface area contributed by atoms with Crippen LogP contribution in [0.4, 0.5) is 17.3 Å². The summed E-state index contributed by atoms with van der Waals surface area (Å²) in [6.07, 6.45) is 2.48. The molecule has 19 heavy (non-hydrogen) atoms. The largest absolute Gasteiger partial charge is 0.370 e. The summed E-state index contributed by atoms with van der Waals surface area (Å²) in [6.45, 7) is 5.03. The topological polar surface area (TPSA) is 49.8 Å². The van der Waals surface area contributed by atoms with Crippen LogP contribution >= 0.6 is 22.6 Å². The molecule has 100 valence electrons. The molecule has 0 saturated carbocycles. The van der Waals surface area contributed by atoms with Gasteiger partial charge in [-0.25, -0.2) is 9.97 Å². The van der Waals surface area contributed by atoms with Crippen LogP contribution in [0.1, 0.15) is 19.4 Å². The molecule has 0 bridgehead atoms. The van der Waals surface area contributed by atoms with E-state index >= 15 is 0 Å². The van der Waals surface area contributed by atoms with Crippen molar-refractivity contribution in [1.82, 2.24) is 9.97 Å². The first-order valence-corrected chi connectivity index (χ1v) is 7.42. The molecule has 2 rings (SSSR count). The maximum atomic E-state index is 4.35. The SMILES string of the molecule is CCNc1ncnc(Nc2cccc(I)c2)c1CC. The lowest BCUT2D eigenvalue weighted by Crippen LogP contribution is -2.07. The first kappa shape index (κ1) is 14.0. The minimum absolute atomic E-state index is 0.854. The highest BCUT2D eigenvalue weighted by molar-refractivity contribution is 14.1. The molecule has 0 atom stereocenters.